The molecule has 26 heavy (non-hydrogen) atoms. The molecule has 3 amide bonds. The monoisotopic (exact) mass is 384 g/mol. The normalized spacial score (nSPS) is 25.2. The lowest BCUT2D eigenvalue weighted by Gasteiger charge is -2.28. The number of nitrogens with two attached hydrogens (primary N) is 1. The fourth-order valence-corrected chi connectivity index (χ4v) is 3.45. The summed E-state index contributed by atoms with van der Waals surface area (Å²) in [6.45, 7) is 0.283. The lowest BCUT2D eigenvalue weighted by Crippen LogP contribution is -2.42. The van der Waals surface area contributed by atoms with E-state index in [1.54, 1.807) is 12.1 Å². The Morgan fingerprint density at radius 2 is 2.08 bits per heavy atom. The van der Waals surface area contributed by atoms with Crippen molar-refractivity contribution < 1.29 is 31.6 Å². The Labute approximate surface area is 148 Å². The average molecular weight is 384 g/mol. The Hall–Kier alpha value is -2.54. The zero-order valence-corrected chi connectivity index (χ0v) is 14.2. The molecule has 2 heterocycles. The van der Waals surface area contributed by atoms with Crippen molar-refractivity contribution in [3.63, 3.8) is 0 Å². The van der Waals surface area contributed by atoms with Crippen LogP contribution in [0.2, 0.25) is 0 Å². The molecule has 0 saturated carbocycles. The van der Waals surface area contributed by atoms with Crippen LogP contribution in [0.25, 0.3) is 0 Å². The third-order valence-corrected chi connectivity index (χ3v) is 4.60. The van der Waals surface area contributed by atoms with Crippen LogP contribution in [0, 0.1) is 11.8 Å². The third-order valence-electron chi connectivity index (χ3n) is 4.27. The molecule has 2 bridgehead atoms. The number of carbonyl (C=O) groups is 3. The second kappa shape index (κ2) is 6.64. The number of anilines is 1. The molecule has 140 valence electrons. The third kappa shape index (κ3) is 3.67. The minimum atomic E-state index is -4.86. The summed E-state index contributed by atoms with van der Waals surface area (Å²) >= 11 is 0. The van der Waals surface area contributed by atoms with Gasteiger partial charge < -0.3 is 11.1 Å². The molecule has 0 radical (unpaired) electrons. The highest BCUT2D eigenvalue weighted by atomic mass is 32.3. The van der Waals surface area contributed by atoms with Crippen molar-refractivity contribution in [2.45, 2.75) is 6.42 Å². The first-order valence-corrected chi connectivity index (χ1v) is 8.99. The van der Waals surface area contributed by atoms with Crippen molar-refractivity contribution in [1.82, 2.24) is 10.2 Å². The molecule has 2 unspecified atom stereocenters. The van der Waals surface area contributed by atoms with E-state index in [1.165, 1.54) is 17.1 Å². The fraction of sp³-hybridized carbons (Fsp3) is 0.357. The van der Waals surface area contributed by atoms with Crippen LogP contribution in [0.15, 0.2) is 24.3 Å². The Balaban J connectivity index is 1.73. The number of carbonyl (C=O) groups excluding carboxylic acids is 3. The summed E-state index contributed by atoms with van der Waals surface area (Å²) in [4.78, 5) is 36.1. The number of amides is 3. The molecule has 2 fully saturated rings. The summed E-state index contributed by atoms with van der Waals surface area (Å²) in [6.07, 6.45) is 0.281. The summed E-state index contributed by atoms with van der Waals surface area (Å²) in [7, 11) is -4.86. The second-order valence-electron chi connectivity index (χ2n) is 5.96. The SMILES string of the molecule is NC(=O)c1cccc(NC(=O)[C@H]2CCN3CC2C(=O)N3OS(=O)(=O)O)c1. The minimum absolute atomic E-state index is 0.0910. The van der Waals surface area contributed by atoms with Crippen molar-refractivity contribution >= 4 is 33.8 Å². The molecule has 11 nitrogen and oxygen atoms in total. The molecular formula is C14H16N4O7S. The number of primary amides is 1. The first kappa shape index (κ1) is 18.3. The topological polar surface area (TPSA) is 159 Å². The van der Waals surface area contributed by atoms with E-state index in [2.05, 4.69) is 9.60 Å². The van der Waals surface area contributed by atoms with Gasteiger partial charge in [0.2, 0.25) is 11.8 Å². The lowest BCUT2D eigenvalue weighted by atomic mass is 9.86. The van der Waals surface area contributed by atoms with Gasteiger partial charge in [0, 0.05) is 24.3 Å². The van der Waals surface area contributed by atoms with Gasteiger partial charge in [-0.1, -0.05) is 6.07 Å². The van der Waals surface area contributed by atoms with Crippen LogP contribution < -0.4 is 11.1 Å². The first-order chi connectivity index (χ1) is 12.2. The van der Waals surface area contributed by atoms with Crippen LogP contribution in [0.1, 0.15) is 16.8 Å². The number of benzene rings is 1. The molecule has 0 aliphatic carbocycles. The van der Waals surface area contributed by atoms with Gasteiger partial charge in [-0.2, -0.15) is 13.4 Å². The van der Waals surface area contributed by atoms with Crippen LogP contribution in [-0.2, 0) is 24.3 Å². The minimum Gasteiger partial charge on any atom is -0.366 e. The van der Waals surface area contributed by atoms with Gasteiger partial charge in [0.25, 0.3) is 5.91 Å². The van der Waals surface area contributed by atoms with Crippen molar-refractivity contribution in [2.24, 2.45) is 17.6 Å². The number of nitrogens with one attached hydrogen (secondary N) is 1. The number of nitrogens with zero attached hydrogens (tertiary/aromatic N) is 2. The number of rotatable bonds is 5. The molecule has 4 N–H and O–H groups in total. The van der Waals surface area contributed by atoms with E-state index in [0.29, 0.717) is 10.9 Å². The molecule has 2 aliphatic heterocycles. The number of piperidine rings is 1. The number of hydrogen-bond donors (Lipinski definition) is 3. The largest absolute Gasteiger partial charge is 0.419 e. The van der Waals surface area contributed by atoms with E-state index in [1.807, 2.05) is 0 Å². The van der Waals surface area contributed by atoms with Crippen molar-refractivity contribution in [3.05, 3.63) is 29.8 Å². The van der Waals surface area contributed by atoms with Crippen molar-refractivity contribution in [3.8, 4) is 0 Å². The average Bonchev–Trinajstić information content (AvgIpc) is 2.78. The molecular weight excluding hydrogens is 368 g/mol. The van der Waals surface area contributed by atoms with Crippen molar-refractivity contribution in [2.75, 3.05) is 18.4 Å². The fourth-order valence-electron chi connectivity index (χ4n) is 3.10. The Bertz CT molecular complexity index is 872. The maximum atomic E-state index is 12.5. The van der Waals surface area contributed by atoms with E-state index in [0.717, 1.165) is 0 Å². The van der Waals surface area contributed by atoms with Gasteiger partial charge in [-0.3, -0.25) is 18.9 Å². The Kier molecular flexibility index (Phi) is 4.66. The van der Waals surface area contributed by atoms with E-state index >= 15 is 0 Å². The molecule has 3 atom stereocenters. The van der Waals surface area contributed by atoms with Crippen LogP contribution in [0.4, 0.5) is 5.69 Å². The first-order valence-electron chi connectivity index (χ1n) is 7.62. The number of fused-ring (bicyclic) bond motifs is 2. The molecule has 1 aromatic rings. The molecule has 12 heteroatoms. The summed E-state index contributed by atoms with van der Waals surface area (Å²) in [5.74, 6) is -3.35. The number of hydrogen-bond acceptors (Lipinski definition) is 7. The molecule has 0 spiro atoms. The van der Waals surface area contributed by atoms with Gasteiger partial charge in [0.1, 0.15) is 0 Å². The standard InChI is InChI=1S/C14H16N4O7S/c15-12(19)8-2-1-3-9(6-8)16-13(20)10-4-5-17-7-11(10)14(21)18(17)25-26(22,23)24/h1-3,6,10-11H,4-5,7H2,(H2,15,19)(H,16,20)(H,22,23,24)/t10-,11?/m0/s1. The van der Waals surface area contributed by atoms with Crippen molar-refractivity contribution in [1.29, 1.82) is 0 Å². The molecule has 2 aliphatic rings. The zero-order valence-electron chi connectivity index (χ0n) is 13.4. The summed E-state index contributed by atoms with van der Waals surface area (Å²) in [6, 6.07) is 6.05. The highest BCUT2D eigenvalue weighted by Gasteiger charge is 2.50. The predicted octanol–water partition coefficient (Wildman–Crippen LogP) is -0.846. The zero-order chi connectivity index (χ0) is 19.1. The predicted molar refractivity (Wildman–Crippen MR) is 86.2 cm³/mol. The molecule has 2 saturated heterocycles. The van der Waals surface area contributed by atoms with Gasteiger partial charge in [0.05, 0.1) is 11.8 Å². The summed E-state index contributed by atoms with van der Waals surface area (Å²) in [5.41, 5.74) is 5.77. The number of hydroxylamine groups is 1. The van der Waals surface area contributed by atoms with Gasteiger partial charge in [0.15, 0.2) is 0 Å². The molecule has 1 aromatic carbocycles. The highest BCUT2D eigenvalue weighted by Crippen LogP contribution is 2.34. The Morgan fingerprint density at radius 1 is 1.35 bits per heavy atom. The molecule has 0 aromatic heterocycles. The van der Waals surface area contributed by atoms with Gasteiger partial charge >= 0.3 is 10.4 Å². The van der Waals surface area contributed by atoms with Gasteiger partial charge in [-0.25, -0.2) is 0 Å². The molecule has 3 rings (SSSR count). The van der Waals surface area contributed by atoms with E-state index in [-0.39, 0.29) is 25.1 Å². The van der Waals surface area contributed by atoms with Crippen LogP contribution in [0.3, 0.4) is 0 Å². The Morgan fingerprint density at radius 3 is 2.73 bits per heavy atom. The van der Waals surface area contributed by atoms with E-state index in [9.17, 15) is 22.8 Å². The smallest absolute Gasteiger partial charge is 0.366 e. The highest BCUT2D eigenvalue weighted by molar-refractivity contribution is 7.80. The van der Waals surface area contributed by atoms with Crippen LogP contribution >= 0.6 is 0 Å². The number of hydrazine groups is 1. The maximum absolute atomic E-state index is 12.5. The van der Waals surface area contributed by atoms with Gasteiger partial charge in [-0.15, -0.1) is 9.46 Å². The van der Waals surface area contributed by atoms with E-state index < -0.39 is 40.0 Å². The second-order valence-corrected chi connectivity index (χ2v) is 6.97. The maximum Gasteiger partial charge on any atom is 0.419 e. The van der Waals surface area contributed by atoms with Crippen LogP contribution in [0.5, 0.6) is 0 Å². The van der Waals surface area contributed by atoms with Crippen LogP contribution in [-0.4, -0.2) is 54.0 Å². The summed E-state index contributed by atoms with van der Waals surface area (Å²) in [5, 5.41) is 4.41. The van der Waals surface area contributed by atoms with Gasteiger partial charge in [-0.05, 0) is 24.6 Å². The quantitative estimate of drug-likeness (QED) is 0.554. The van der Waals surface area contributed by atoms with E-state index in [4.69, 9.17) is 10.3 Å². The summed E-state index contributed by atoms with van der Waals surface area (Å²) < 4.78 is 34.8. The lowest BCUT2D eigenvalue weighted by molar-refractivity contribution is -0.201.